The van der Waals surface area contributed by atoms with Crippen LogP contribution >= 0.6 is 0 Å². The van der Waals surface area contributed by atoms with Crippen LogP contribution in [0.15, 0.2) is 55.4 Å². The predicted octanol–water partition coefficient (Wildman–Crippen LogP) is 4.23. The molecule has 2 aromatic rings. The van der Waals surface area contributed by atoms with Crippen molar-refractivity contribution in [1.29, 1.82) is 0 Å². The molecule has 0 fully saturated rings. The fraction of sp³-hybridized carbons (Fsp3) is 0.364. The minimum Gasteiger partial charge on any atom is -0.443 e. The van der Waals surface area contributed by atoms with Crippen LogP contribution in [0.4, 0.5) is 4.79 Å². The zero-order chi connectivity index (χ0) is 19.2. The summed E-state index contributed by atoms with van der Waals surface area (Å²) in [5.41, 5.74) is 3.81. The number of alkyl carbamates (subject to hydrolysis) is 1. The zero-order valence-corrected chi connectivity index (χ0v) is 16.2. The molecule has 0 aliphatic carbocycles. The van der Waals surface area contributed by atoms with Crippen molar-refractivity contribution in [2.75, 3.05) is 6.61 Å². The van der Waals surface area contributed by atoms with Gasteiger partial charge >= 0.3 is 6.09 Å². The number of benzene rings is 1. The number of nitrogens with zero attached hydrogens (tertiary/aromatic N) is 1. The fourth-order valence-corrected chi connectivity index (χ4v) is 2.71. The number of hydrogen-bond donors (Lipinski definition) is 1. The van der Waals surface area contributed by atoms with Crippen LogP contribution in [0.2, 0.25) is 0 Å². The van der Waals surface area contributed by atoms with Gasteiger partial charge in [-0.2, -0.15) is 0 Å². The summed E-state index contributed by atoms with van der Waals surface area (Å²) < 4.78 is 7.40. The molecule has 4 nitrogen and oxygen atoms in total. The molecule has 0 unspecified atom stereocenters. The molecule has 0 spiro atoms. The lowest BCUT2D eigenvalue weighted by molar-refractivity contribution is -0.698. The molecule has 138 valence electrons. The first-order chi connectivity index (χ1) is 12.3. The minimum absolute atomic E-state index is 0.325. The number of rotatable bonds is 7. The van der Waals surface area contributed by atoms with E-state index in [-0.39, 0.29) is 0 Å². The second-order valence-corrected chi connectivity index (χ2v) is 7.05. The van der Waals surface area contributed by atoms with E-state index in [1.54, 1.807) is 0 Å². The largest absolute Gasteiger partial charge is 0.443 e. The maximum atomic E-state index is 12.2. The Bertz CT molecular complexity index is 781. The normalized spacial score (nSPS) is 11.1. The number of allylic oxidation sites excluding steroid dienone is 1. The van der Waals surface area contributed by atoms with Crippen molar-refractivity contribution in [3.8, 4) is 0 Å². The maximum absolute atomic E-state index is 12.2. The highest BCUT2D eigenvalue weighted by molar-refractivity contribution is 5.69. The summed E-state index contributed by atoms with van der Waals surface area (Å²) in [5.74, 6) is 0. The lowest BCUT2D eigenvalue weighted by Gasteiger charge is -2.27. The van der Waals surface area contributed by atoms with Gasteiger partial charge in [-0.3, -0.25) is 0 Å². The first-order valence-electron chi connectivity index (χ1n) is 9.01. The molecule has 1 amide bonds. The third-order valence-electron chi connectivity index (χ3n) is 4.40. The molecule has 0 aliphatic rings. The highest BCUT2D eigenvalue weighted by Gasteiger charge is 2.24. The van der Waals surface area contributed by atoms with E-state index in [9.17, 15) is 4.79 Å². The van der Waals surface area contributed by atoms with E-state index in [4.69, 9.17) is 4.74 Å². The van der Waals surface area contributed by atoms with E-state index in [1.165, 1.54) is 5.56 Å². The van der Waals surface area contributed by atoms with Gasteiger partial charge in [-0.1, -0.05) is 37.3 Å². The number of aryl methyl sites for hydroxylation is 1. The van der Waals surface area contributed by atoms with Gasteiger partial charge < -0.3 is 10.1 Å². The van der Waals surface area contributed by atoms with Crippen LogP contribution in [-0.4, -0.2) is 12.7 Å². The number of nitrogens with one attached hydrogen (secondary N) is 1. The van der Waals surface area contributed by atoms with Crippen LogP contribution in [0, 0.1) is 0 Å². The van der Waals surface area contributed by atoms with Crippen molar-refractivity contribution < 1.29 is 14.1 Å². The quantitative estimate of drug-likeness (QED) is 0.757. The van der Waals surface area contributed by atoms with Crippen molar-refractivity contribution in [3.05, 3.63) is 72.1 Å². The Morgan fingerprint density at radius 2 is 2.04 bits per heavy atom. The van der Waals surface area contributed by atoms with Crippen LogP contribution in [0.1, 0.15) is 44.4 Å². The molecule has 0 atom stereocenters. The Labute approximate surface area is 156 Å². The second kappa shape index (κ2) is 8.65. The lowest BCUT2D eigenvalue weighted by atomic mass is 9.92. The van der Waals surface area contributed by atoms with E-state index >= 15 is 0 Å². The molecule has 1 aromatic carbocycles. The molecule has 0 saturated carbocycles. The van der Waals surface area contributed by atoms with Gasteiger partial charge in [0.15, 0.2) is 25.5 Å². The Morgan fingerprint density at radius 1 is 1.27 bits per heavy atom. The van der Waals surface area contributed by atoms with Crippen LogP contribution in [0.3, 0.4) is 0 Å². The van der Waals surface area contributed by atoms with Crippen molar-refractivity contribution in [3.63, 3.8) is 0 Å². The molecule has 0 saturated heterocycles. The monoisotopic (exact) mass is 353 g/mol. The number of carbonyl (C=O) groups is 1. The topological polar surface area (TPSA) is 42.2 Å². The SMILES string of the molecule is C=C(C)c1cccc(C(C)(C)NC(=O)OCC[n+]2cccc(CC)c2)c1. The van der Waals surface area contributed by atoms with Crippen LogP contribution in [0.25, 0.3) is 5.57 Å². The molecule has 1 aromatic heterocycles. The molecule has 0 bridgehead atoms. The van der Waals surface area contributed by atoms with Gasteiger partial charge in [0, 0.05) is 11.6 Å². The molecular formula is C22H29N2O2+. The smallest absolute Gasteiger partial charge is 0.408 e. The standard InChI is InChI=1S/C22H28N2O2/c1-6-18-9-8-12-24(16-18)13-14-26-21(25)23-22(4,5)20-11-7-10-19(15-20)17(2)3/h7-12,15-16H,2,6,13-14H2,1,3-5H3/p+1. The number of aromatic nitrogens is 1. The molecule has 4 heteroatoms. The fourth-order valence-electron chi connectivity index (χ4n) is 2.71. The molecule has 1 heterocycles. The van der Waals surface area contributed by atoms with Gasteiger partial charge in [0.05, 0.1) is 5.54 Å². The van der Waals surface area contributed by atoms with Crippen molar-refractivity contribution >= 4 is 11.7 Å². The average Bonchev–Trinajstić information content (AvgIpc) is 2.61. The highest BCUT2D eigenvalue weighted by atomic mass is 16.5. The number of ether oxygens (including phenoxy) is 1. The first-order valence-corrected chi connectivity index (χ1v) is 9.01. The van der Waals surface area contributed by atoms with E-state index in [0.717, 1.165) is 23.1 Å². The van der Waals surface area contributed by atoms with Gasteiger partial charge in [-0.05, 0) is 50.5 Å². The number of amides is 1. The Morgan fingerprint density at radius 3 is 2.73 bits per heavy atom. The molecule has 26 heavy (non-hydrogen) atoms. The van der Waals surface area contributed by atoms with Crippen molar-refractivity contribution in [1.82, 2.24) is 5.32 Å². The second-order valence-electron chi connectivity index (χ2n) is 7.05. The van der Waals surface area contributed by atoms with E-state index in [1.807, 2.05) is 55.8 Å². The lowest BCUT2D eigenvalue weighted by Crippen LogP contribution is -2.43. The summed E-state index contributed by atoms with van der Waals surface area (Å²) in [6.45, 7) is 13.0. The Hall–Kier alpha value is -2.62. The van der Waals surface area contributed by atoms with Gasteiger partial charge in [0.25, 0.3) is 0 Å². The summed E-state index contributed by atoms with van der Waals surface area (Å²) in [5, 5.41) is 2.95. The van der Waals surface area contributed by atoms with Crippen LogP contribution in [-0.2, 0) is 23.2 Å². The summed E-state index contributed by atoms with van der Waals surface area (Å²) >= 11 is 0. The maximum Gasteiger partial charge on any atom is 0.408 e. The van der Waals surface area contributed by atoms with E-state index in [2.05, 4.69) is 37.1 Å². The van der Waals surface area contributed by atoms with Crippen LogP contribution in [0.5, 0.6) is 0 Å². The Kier molecular flexibility index (Phi) is 6.56. The molecule has 1 N–H and O–H groups in total. The third kappa shape index (κ3) is 5.45. The van der Waals surface area contributed by atoms with E-state index < -0.39 is 11.6 Å². The third-order valence-corrected chi connectivity index (χ3v) is 4.40. The molecule has 0 aliphatic heterocycles. The highest BCUT2D eigenvalue weighted by Crippen LogP contribution is 2.23. The summed E-state index contributed by atoms with van der Waals surface area (Å²) in [7, 11) is 0. The van der Waals surface area contributed by atoms with Crippen LogP contribution < -0.4 is 9.88 Å². The molecule has 0 radical (unpaired) electrons. The number of pyridine rings is 1. The summed E-state index contributed by atoms with van der Waals surface area (Å²) in [6.07, 6.45) is 4.63. The van der Waals surface area contributed by atoms with Gasteiger partial charge in [0.1, 0.15) is 0 Å². The number of carbonyl (C=O) groups excluding carboxylic acids is 1. The first kappa shape index (κ1) is 19.7. The zero-order valence-electron chi connectivity index (χ0n) is 16.2. The van der Waals surface area contributed by atoms with Gasteiger partial charge in [-0.15, -0.1) is 0 Å². The summed E-state index contributed by atoms with van der Waals surface area (Å²) in [4.78, 5) is 12.2. The van der Waals surface area contributed by atoms with Gasteiger partial charge in [-0.25, -0.2) is 9.36 Å². The Balaban J connectivity index is 1.91. The van der Waals surface area contributed by atoms with E-state index in [0.29, 0.717) is 13.2 Å². The van der Waals surface area contributed by atoms with Crippen molar-refractivity contribution in [2.24, 2.45) is 0 Å². The van der Waals surface area contributed by atoms with Gasteiger partial charge in [0.2, 0.25) is 0 Å². The predicted molar refractivity (Wildman–Crippen MR) is 105 cm³/mol. The summed E-state index contributed by atoms with van der Waals surface area (Å²) in [6, 6.07) is 12.1. The number of hydrogen-bond acceptors (Lipinski definition) is 2. The average molecular weight is 353 g/mol. The molecular weight excluding hydrogens is 324 g/mol. The van der Waals surface area contributed by atoms with Crippen molar-refractivity contribution in [2.45, 2.75) is 46.2 Å². The molecule has 2 rings (SSSR count). The minimum atomic E-state index is -0.530.